The number of anilines is 1. The quantitative estimate of drug-likeness (QED) is 0.674. The average Bonchev–Trinajstić information content (AvgIpc) is 2.96. The topological polar surface area (TPSA) is 106 Å². The van der Waals surface area contributed by atoms with Crippen molar-refractivity contribution in [2.75, 3.05) is 12.8 Å². The van der Waals surface area contributed by atoms with Crippen molar-refractivity contribution < 1.29 is 14.9 Å². The van der Waals surface area contributed by atoms with Crippen molar-refractivity contribution in [3.8, 4) is 34.3 Å². The van der Waals surface area contributed by atoms with Gasteiger partial charge in [0.25, 0.3) is 0 Å². The smallest absolute Gasteiger partial charge is 0.226 e. The maximum absolute atomic E-state index is 10.3. The van der Waals surface area contributed by atoms with Gasteiger partial charge in [0, 0.05) is 6.07 Å². The SMILES string of the molecule is COc1ccc(-n2c(N)nnc2-c2cc(C(C)C)c(O)cc2O)cc1. The fourth-order valence-corrected chi connectivity index (χ4v) is 2.69. The van der Waals surface area contributed by atoms with Crippen molar-refractivity contribution in [3.63, 3.8) is 0 Å². The summed E-state index contributed by atoms with van der Waals surface area (Å²) in [5.74, 6) is 1.32. The van der Waals surface area contributed by atoms with Crippen LogP contribution in [0.2, 0.25) is 0 Å². The van der Waals surface area contributed by atoms with Crippen LogP contribution in [0.3, 0.4) is 0 Å². The first-order valence-electron chi connectivity index (χ1n) is 7.84. The van der Waals surface area contributed by atoms with Crippen LogP contribution in [-0.2, 0) is 0 Å². The molecule has 0 bridgehead atoms. The van der Waals surface area contributed by atoms with Gasteiger partial charge in [0.05, 0.1) is 18.4 Å². The largest absolute Gasteiger partial charge is 0.508 e. The summed E-state index contributed by atoms with van der Waals surface area (Å²) in [5.41, 5.74) is 7.87. The third-order valence-corrected chi connectivity index (χ3v) is 4.03. The highest BCUT2D eigenvalue weighted by Gasteiger charge is 2.20. The molecule has 0 saturated heterocycles. The van der Waals surface area contributed by atoms with Gasteiger partial charge in [-0.25, -0.2) is 0 Å². The number of methoxy groups -OCH3 is 1. The van der Waals surface area contributed by atoms with E-state index in [2.05, 4.69) is 10.2 Å². The molecule has 1 aromatic heterocycles. The minimum atomic E-state index is -0.0935. The lowest BCUT2D eigenvalue weighted by molar-refractivity contribution is 0.414. The Bertz CT molecular complexity index is 901. The van der Waals surface area contributed by atoms with Gasteiger partial charge >= 0.3 is 0 Å². The second-order valence-corrected chi connectivity index (χ2v) is 6.00. The van der Waals surface area contributed by atoms with Crippen molar-refractivity contribution in [2.24, 2.45) is 0 Å². The zero-order valence-corrected chi connectivity index (χ0v) is 14.3. The van der Waals surface area contributed by atoms with Crippen molar-refractivity contribution >= 4 is 5.95 Å². The number of aromatic nitrogens is 3. The predicted molar refractivity (Wildman–Crippen MR) is 95.2 cm³/mol. The summed E-state index contributed by atoms with van der Waals surface area (Å²) in [7, 11) is 1.59. The Hall–Kier alpha value is -3.22. The fraction of sp³-hybridized carbons (Fsp3) is 0.222. The molecule has 0 radical (unpaired) electrons. The number of phenolic OH excluding ortho intramolecular Hbond substituents is 2. The molecule has 7 nitrogen and oxygen atoms in total. The molecule has 0 spiro atoms. The first-order chi connectivity index (χ1) is 11.9. The zero-order valence-electron chi connectivity index (χ0n) is 14.3. The Labute approximate surface area is 145 Å². The third-order valence-electron chi connectivity index (χ3n) is 4.03. The Kier molecular flexibility index (Phi) is 4.22. The van der Waals surface area contributed by atoms with E-state index >= 15 is 0 Å². The number of nitrogens with two attached hydrogens (primary N) is 1. The number of rotatable bonds is 4. The summed E-state index contributed by atoms with van der Waals surface area (Å²) in [6.45, 7) is 3.91. The van der Waals surface area contributed by atoms with E-state index in [0.717, 1.165) is 5.69 Å². The maximum atomic E-state index is 10.3. The van der Waals surface area contributed by atoms with Gasteiger partial charge in [0.2, 0.25) is 5.95 Å². The van der Waals surface area contributed by atoms with E-state index in [4.69, 9.17) is 10.5 Å². The molecule has 0 saturated carbocycles. The summed E-state index contributed by atoms with van der Waals surface area (Å²) >= 11 is 0. The van der Waals surface area contributed by atoms with Crippen LogP contribution in [0, 0.1) is 0 Å². The molecule has 1 heterocycles. The van der Waals surface area contributed by atoms with Crippen LogP contribution in [-0.4, -0.2) is 32.1 Å². The van der Waals surface area contributed by atoms with E-state index in [-0.39, 0.29) is 23.4 Å². The molecule has 3 rings (SSSR count). The van der Waals surface area contributed by atoms with Crippen molar-refractivity contribution in [2.45, 2.75) is 19.8 Å². The minimum absolute atomic E-state index is 0.0414. The highest BCUT2D eigenvalue weighted by atomic mass is 16.5. The van der Waals surface area contributed by atoms with E-state index in [9.17, 15) is 10.2 Å². The van der Waals surface area contributed by atoms with Crippen molar-refractivity contribution in [1.29, 1.82) is 0 Å². The Morgan fingerprint density at radius 2 is 1.72 bits per heavy atom. The van der Waals surface area contributed by atoms with Gasteiger partial charge in [0.1, 0.15) is 17.2 Å². The zero-order chi connectivity index (χ0) is 18.1. The average molecular weight is 340 g/mol. The summed E-state index contributed by atoms with van der Waals surface area (Å²) in [6.07, 6.45) is 0. The highest BCUT2D eigenvalue weighted by Crippen LogP contribution is 2.38. The minimum Gasteiger partial charge on any atom is -0.508 e. The molecule has 0 aliphatic heterocycles. The maximum Gasteiger partial charge on any atom is 0.226 e. The summed E-state index contributed by atoms with van der Waals surface area (Å²) in [5, 5.41) is 28.4. The monoisotopic (exact) mass is 340 g/mol. The van der Waals surface area contributed by atoms with Gasteiger partial charge in [-0.15, -0.1) is 10.2 Å². The van der Waals surface area contributed by atoms with Crippen LogP contribution in [0.15, 0.2) is 36.4 Å². The molecular formula is C18H20N4O3. The van der Waals surface area contributed by atoms with Gasteiger partial charge in [-0.05, 0) is 41.8 Å². The van der Waals surface area contributed by atoms with Gasteiger partial charge in [-0.3, -0.25) is 4.57 Å². The summed E-state index contributed by atoms with van der Waals surface area (Å²) in [6, 6.07) is 10.3. The molecule has 0 fully saturated rings. The fourth-order valence-electron chi connectivity index (χ4n) is 2.69. The Morgan fingerprint density at radius 1 is 1.04 bits per heavy atom. The molecule has 25 heavy (non-hydrogen) atoms. The first-order valence-corrected chi connectivity index (χ1v) is 7.84. The molecule has 0 aliphatic carbocycles. The van der Waals surface area contributed by atoms with Crippen molar-refractivity contribution in [3.05, 3.63) is 42.0 Å². The van der Waals surface area contributed by atoms with Gasteiger partial charge in [-0.1, -0.05) is 13.8 Å². The summed E-state index contributed by atoms with van der Waals surface area (Å²) in [4.78, 5) is 0. The van der Waals surface area contributed by atoms with Crippen LogP contribution in [0.1, 0.15) is 25.3 Å². The predicted octanol–water partition coefficient (Wildman–Crippen LogP) is 3.06. The molecule has 7 heteroatoms. The Balaban J connectivity index is 2.18. The van der Waals surface area contributed by atoms with Crippen LogP contribution < -0.4 is 10.5 Å². The second kappa shape index (κ2) is 6.35. The number of ether oxygens (including phenoxy) is 1. The third kappa shape index (κ3) is 2.96. The lowest BCUT2D eigenvalue weighted by atomic mass is 9.98. The second-order valence-electron chi connectivity index (χ2n) is 6.00. The number of hydrogen-bond donors (Lipinski definition) is 3. The molecule has 4 N–H and O–H groups in total. The molecule has 0 unspecified atom stereocenters. The van der Waals surface area contributed by atoms with E-state index in [1.54, 1.807) is 29.9 Å². The molecular weight excluding hydrogens is 320 g/mol. The number of benzene rings is 2. The number of nitrogens with zero attached hydrogens (tertiary/aromatic N) is 3. The summed E-state index contributed by atoms with van der Waals surface area (Å²) < 4.78 is 6.80. The lowest BCUT2D eigenvalue weighted by Crippen LogP contribution is -2.03. The molecule has 3 aromatic rings. The van der Waals surface area contributed by atoms with E-state index in [1.165, 1.54) is 6.07 Å². The van der Waals surface area contributed by atoms with Gasteiger partial charge in [0.15, 0.2) is 5.82 Å². The van der Waals surface area contributed by atoms with Crippen molar-refractivity contribution in [1.82, 2.24) is 14.8 Å². The van der Waals surface area contributed by atoms with Crippen LogP contribution in [0.25, 0.3) is 17.1 Å². The molecule has 2 aromatic carbocycles. The number of hydrogen-bond acceptors (Lipinski definition) is 6. The highest BCUT2D eigenvalue weighted by molar-refractivity contribution is 5.70. The van der Waals surface area contributed by atoms with E-state index < -0.39 is 0 Å². The van der Waals surface area contributed by atoms with Crippen LogP contribution >= 0.6 is 0 Å². The first kappa shape index (κ1) is 16.6. The van der Waals surface area contributed by atoms with Gasteiger partial charge in [-0.2, -0.15) is 0 Å². The van der Waals surface area contributed by atoms with E-state index in [0.29, 0.717) is 22.7 Å². The number of phenols is 2. The molecule has 0 aliphatic rings. The lowest BCUT2D eigenvalue weighted by Gasteiger charge is -2.14. The normalized spacial score (nSPS) is 11.0. The standard InChI is InChI=1S/C18H20N4O3/c1-10(2)13-8-14(16(24)9-15(13)23)17-20-21-18(19)22(17)11-4-6-12(25-3)7-5-11/h4-10,23-24H,1-3H3,(H2,19,21). The molecule has 0 atom stereocenters. The number of aromatic hydroxyl groups is 2. The number of nitrogen functional groups attached to an aromatic ring is 1. The Morgan fingerprint density at radius 3 is 2.32 bits per heavy atom. The molecule has 0 amide bonds. The van der Waals surface area contributed by atoms with Crippen LogP contribution in [0.5, 0.6) is 17.2 Å². The van der Waals surface area contributed by atoms with E-state index in [1.807, 2.05) is 26.0 Å². The van der Waals surface area contributed by atoms with Gasteiger partial charge < -0.3 is 20.7 Å². The van der Waals surface area contributed by atoms with Crippen LogP contribution in [0.4, 0.5) is 5.95 Å². The molecule has 130 valence electrons.